The minimum Gasteiger partial charge on any atom is -0.381 e. The topological polar surface area (TPSA) is 71.7 Å². The van der Waals surface area contributed by atoms with E-state index in [4.69, 9.17) is 9.26 Å². The predicted octanol–water partition coefficient (Wildman–Crippen LogP) is 3.68. The van der Waals surface area contributed by atoms with Crippen molar-refractivity contribution in [1.82, 2.24) is 15.8 Å². The van der Waals surface area contributed by atoms with Crippen molar-refractivity contribution in [2.45, 2.75) is 66.3 Å². The van der Waals surface area contributed by atoms with E-state index in [9.17, 15) is 0 Å². The van der Waals surface area contributed by atoms with E-state index < -0.39 is 0 Å². The third kappa shape index (κ3) is 9.44. The van der Waals surface area contributed by atoms with Crippen LogP contribution in [0.15, 0.2) is 9.52 Å². The van der Waals surface area contributed by atoms with Crippen LogP contribution in [0.2, 0.25) is 0 Å². The molecule has 0 unspecified atom stereocenters. The van der Waals surface area contributed by atoms with Gasteiger partial charge in [-0.05, 0) is 26.2 Å². The van der Waals surface area contributed by atoms with Gasteiger partial charge in [-0.2, -0.15) is 0 Å². The first-order valence-electron chi connectivity index (χ1n) is 9.32. The lowest BCUT2D eigenvalue weighted by Crippen LogP contribution is -2.38. The number of hydrogen-bond donors (Lipinski definition) is 2. The third-order valence-electron chi connectivity index (χ3n) is 3.75. The van der Waals surface area contributed by atoms with Gasteiger partial charge < -0.3 is 19.9 Å². The van der Waals surface area contributed by atoms with E-state index in [1.54, 1.807) is 0 Å². The maximum atomic E-state index is 5.57. The van der Waals surface area contributed by atoms with Crippen molar-refractivity contribution in [2.75, 3.05) is 26.3 Å². The predicted molar refractivity (Wildman–Crippen MR) is 114 cm³/mol. The molecule has 1 heterocycles. The number of nitrogens with zero attached hydrogens (tertiary/aromatic N) is 2. The molecule has 146 valence electrons. The largest absolute Gasteiger partial charge is 0.381 e. The van der Waals surface area contributed by atoms with Crippen LogP contribution in [0.4, 0.5) is 0 Å². The summed E-state index contributed by atoms with van der Waals surface area (Å²) in [6.45, 7) is 12.3. The van der Waals surface area contributed by atoms with Crippen LogP contribution in [0.3, 0.4) is 0 Å². The summed E-state index contributed by atoms with van der Waals surface area (Å²) >= 11 is 0. The van der Waals surface area contributed by atoms with E-state index in [0.29, 0.717) is 6.54 Å². The molecular weight excluding hydrogens is 431 g/mol. The number of guanidine groups is 1. The van der Waals surface area contributed by atoms with Gasteiger partial charge in [0.1, 0.15) is 5.76 Å². The molecule has 1 aromatic rings. The zero-order chi connectivity index (χ0) is 17.6. The molecule has 1 rings (SSSR count). The molecule has 0 aliphatic heterocycles. The molecule has 0 aliphatic rings. The Labute approximate surface area is 169 Å². The molecule has 6 nitrogen and oxygen atoms in total. The molecule has 0 saturated carbocycles. The van der Waals surface area contributed by atoms with E-state index in [2.05, 4.69) is 48.5 Å². The molecule has 0 bridgehead atoms. The lowest BCUT2D eigenvalue weighted by atomic mass is 10.1. The smallest absolute Gasteiger partial charge is 0.191 e. The second kappa shape index (κ2) is 15.4. The van der Waals surface area contributed by atoms with E-state index >= 15 is 0 Å². The second-order valence-electron chi connectivity index (χ2n) is 5.68. The Hall–Kier alpha value is -0.830. The number of aliphatic imine (C=N–C) groups is 1. The van der Waals surface area contributed by atoms with Gasteiger partial charge in [0.05, 0.1) is 12.2 Å². The molecule has 0 aliphatic carbocycles. The van der Waals surface area contributed by atoms with Gasteiger partial charge in [0.2, 0.25) is 0 Å². The fourth-order valence-electron chi connectivity index (χ4n) is 2.35. The molecule has 0 atom stereocenters. The fourth-order valence-corrected chi connectivity index (χ4v) is 2.35. The van der Waals surface area contributed by atoms with Crippen molar-refractivity contribution in [3.05, 3.63) is 17.0 Å². The molecule has 25 heavy (non-hydrogen) atoms. The Balaban J connectivity index is 0.00000576. The summed E-state index contributed by atoms with van der Waals surface area (Å²) in [7, 11) is 0. The number of hydrogen-bond acceptors (Lipinski definition) is 4. The number of aryl methyl sites for hydroxylation is 2. The first-order chi connectivity index (χ1) is 11.8. The van der Waals surface area contributed by atoms with E-state index in [-0.39, 0.29) is 24.0 Å². The highest BCUT2D eigenvalue weighted by Crippen LogP contribution is 2.16. The number of rotatable bonds is 12. The van der Waals surface area contributed by atoms with Crippen molar-refractivity contribution in [3.8, 4) is 0 Å². The Morgan fingerprint density at radius 3 is 2.48 bits per heavy atom. The van der Waals surface area contributed by atoms with Gasteiger partial charge in [0.25, 0.3) is 0 Å². The average Bonchev–Trinajstić information content (AvgIpc) is 3.00. The SMILES string of the molecule is CCCCOCCCNC(=NCc1c(CC)noc1CC)NCC.I. The van der Waals surface area contributed by atoms with Crippen LogP contribution in [0.25, 0.3) is 0 Å². The van der Waals surface area contributed by atoms with E-state index in [1.165, 1.54) is 6.42 Å². The molecule has 0 saturated heterocycles. The summed E-state index contributed by atoms with van der Waals surface area (Å²) in [5.41, 5.74) is 2.14. The maximum absolute atomic E-state index is 5.57. The van der Waals surface area contributed by atoms with Crippen molar-refractivity contribution in [1.29, 1.82) is 0 Å². The summed E-state index contributed by atoms with van der Waals surface area (Å²) in [6.07, 6.45) is 5.00. The Bertz CT molecular complexity index is 456. The van der Waals surface area contributed by atoms with Crippen molar-refractivity contribution in [3.63, 3.8) is 0 Å². The lowest BCUT2D eigenvalue weighted by Gasteiger charge is -2.11. The molecule has 0 spiro atoms. The first kappa shape index (κ1) is 24.2. The van der Waals surface area contributed by atoms with Crippen LogP contribution in [0.1, 0.15) is 64.0 Å². The molecule has 7 heteroatoms. The Morgan fingerprint density at radius 2 is 1.84 bits per heavy atom. The third-order valence-corrected chi connectivity index (χ3v) is 3.75. The highest BCUT2D eigenvalue weighted by Gasteiger charge is 2.12. The van der Waals surface area contributed by atoms with Crippen molar-refractivity contribution in [2.24, 2.45) is 4.99 Å². The normalized spacial score (nSPS) is 11.3. The number of aromatic nitrogens is 1. The van der Waals surface area contributed by atoms with Crippen molar-refractivity contribution < 1.29 is 9.26 Å². The zero-order valence-electron chi connectivity index (χ0n) is 16.2. The van der Waals surface area contributed by atoms with E-state index in [1.807, 2.05) is 0 Å². The molecule has 0 amide bonds. The molecule has 2 N–H and O–H groups in total. The Kier molecular flexibility index (Phi) is 14.9. The average molecular weight is 466 g/mol. The van der Waals surface area contributed by atoms with Crippen LogP contribution in [0, 0.1) is 0 Å². The summed E-state index contributed by atoms with van der Waals surface area (Å²) in [6, 6.07) is 0. The van der Waals surface area contributed by atoms with Crippen LogP contribution in [-0.4, -0.2) is 37.4 Å². The standard InChI is InChI=1S/C18H34N4O2.HI/c1-5-9-12-23-13-10-11-20-18(19-8-4)21-14-15-16(6-2)22-24-17(15)7-3;/h5-14H2,1-4H3,(H2,19,20,21);1H. The van der Waals surface area contributed by atoms with Crippen LogP contribution in [-0.2, 0) is 24.1 Å². The van der Waals surface area contributed by atoms with Gasteiger partial charge in [-0.15, -0.1) is 24.0 Å². The van der Waals surface area contributed by atoms with Gasteiger partial charge in [0.15, 0.2) is 5.96 Å². The second-order valence-corrected chi connectivity index (χ2v) is 5.68. The van der Waals surface area contributed by atoms with Gasteiger partial charge >= 0.3 is 0 Å². The molecule has 0 fully saturated rings. The molecule has 1 aromatic heterocycles. The number of nitrogens with one attached hydrogen (secondary N) is 2. The van der Waals surface area contributed by atoms with Crippen LogP contribution in [0.5, 0.6) is 0 Å². The Morgan fingerprint density at radius 1 is 1.08 bits per heavy atom. The van der Waals surface area contributed by atoms with Gasteiger partial charge in [-0.25, -0.2) is 4.99 Å². The highest BCUT2D eigenvalue weighted by atomic mass is 127. The summed E-state index contributed by atoms with van der Waals surface area (Å²) < 4.78 is 11.0. The first-order valence-corrected chi connectivity index (χ1v) is 9.32. The summed E-state index contributed by atoms with van der Waals surface area (Å²) in [5.74, 6) is 1.77. The van der Waals surface area contributed by atoms with Gasteiger partial charge in [0, 0.05) is 38.3 Å². The highest BCUT2D eigenvalue weighted by molar-refractivity contribution is 14.0. The van der Waals surface area contributed by atoms with Crippen molar-refractivity contribution >= 4 is 29.9 Å². The van der Waals surface area contributed by atoms with Crippen LogP contribution < -0.4 is 10.6 Å². The number of ether oxygens (including phenoxy) is 1. The molecule has 0 radical (unpaired) electrons. The minimum atomic E-state index is 0. The zero-order valence-corrected chi connectivity index (χ0v) is 18.5. The van der Waals surface area contributed by atoms with E-state index in [0.717, 1.165) is 75.0 Å². The fraction of sp³-hybridized carbons (Fsp3) is 0.778. The quantitative estimate of drug-likeness (QED) is 0.213. The van der Waals surface area contributed by atoms with Gasteiger partial charge in [-0.3, -0.25) is 0 Å². The van der Waals surface area contributed by atoms with Crippen LogP contribution >= 0.6 is 24.0 Å². The lowest BCUT2D eigenvalue weighted by molar-refractivity contribution is 0.129. The number of unbranched alkanes of at least 4 members (excludes halogenated alkanes) is 1. The summed E-state index contributed by atoms with van der Waals surface area (Å²) in [5, 5.41) is 10.8. The molecular formula is C18H35IN4O2. The van der Waals surface area contributed by atoms with Gasteiger partial charge in [-0.1, -0.05) is 32.3 Å². The monoisotopic (exact) mass is 466 g/mol. The minimum absolute atomic E-state index is 0. The molecule has 0 aromatic carbocycles. The maximum Gasteiger partial charge on any atom is 0.191 e. The number of halogens is 1. The summed E-state index contributed by atoms with van der Waals surface area (Å²) in [4.78, 5) is 4.67.